The minimum absolute atomic E-state index is 0.271. The molecule has 0 aromatic rings. The Labute approximate surface area is 126 Å². The lowest BCUT2D eigenvalue weighted by molar-refractivity contribution is 0.199. The molecule has 0 aliphatic carbocycles. The zero-order valence-corrected chi connectivity index (χ0v) is 13.7. The molecule has 0 fully saturated rings. The molecule has 0 aliphatic heterocycles. The molecule has 122 valence electrons. The van der Waals surface area contributed by atoms with Gasteiger partial charge in [-0.1, -0.05) is 58.3 Å². The largest absolute Gasteiger partial charge is 0.396 e. The average molecular weight is 287 g/mol. The number of hydrogen-bond donors (Lipinski definition) is 2. The summed E-state index contributed by atoms with van der Waals surface area (Å²) in [5.41, 5.74) is 0. The van der Waals surface area contributed by atoms with Crippen molar-refractivity contribution in [1.82, 2.24) is 4.90 Å². The number of aliphatic hydroxyl groups excluding tert-OH is 2. The molecule has 0 spiro atoms. The van der Waals surface area contributed by atoms with Crippen molar-refractivity contribution in [3.8, 4) is 0 Å². The van der Waals surface area contributed by atoms with Gasteiger partial charge in [-0.25, -0.2) is 0 Å². The van der Waals surface area contributed by atoms with Crippen LogP contribution in [-0.4, -0.2) is 48.0 Å². The van der Waals surface area contributed by atoms with Crippen LogP contribution in [0.1, 0.15) is 77.6 Å². The van der Waals surface area contributed by atoms with Crippen molar-refractivity contribution >= 4 is 0 Å². The maximum absolute atomic E-state index is 8.89. The molecule has 0 aromatic carbocycles. The van der Waals surface area contributed by atoms with Gasteiger partial charge in [-0.15, -0.1) is 0 Å². The van der Waals surface area contributed by atoms with E-state index in [-0.39, 0.29) is 13.2 Å². The van der Waals surface area contributed by atoms with Crippen molar-refractivity contribution in [1.29, 1.82) is 0 Å². The van der Waals surface area contributed by atoms with Gasteiger partial charge in [-0.05, 0) is 25.8 Å². The van der Waals surface area contributed by atoms with Crippen LogP contribution in [0.5, 0.6) is 0 Å². The van der Waals surface area contributed by atoms with Crippen LogP contribution >= 0.6 is 0 Å². The van der Waals surface area contributed by atoms with Gasteiger partial charge in [-0.3, -0.25) is 0 Å². The van der Waals surface area contributed by atoms with Crippen molar-refractivity contribution in [2.45, 2.75) is 77.6 Å². The van der Waals surface area contributed by atoms with Crippen LogP contribution in [0.25, 0.3) is 0 Å². The highest BCUT2D eigenvalue weighted by molar-refractivity contribution is 4.58. The van der Waals surface area contributed by atoms with Crippen molar-refractivity contribution in [2.75, 3.05) is 32.8 Å². The first kappa shape index (κ1) is 19.9. The molecule has 3 nitrogen and oxygen atoms in total. The van der Waals surface area contributed by atoms with E-state index >= 15 is 0 Å². The lowest BCUT2D eigenvalue weighted by atomic mass is 10.1. The van der Waals surface area contributed by atoms with Crippen LogP contribution in [-0.2, 0) is 0 Å². The Balaban J connectivity index is 3.38. The standard InChI is InChI=1S/C17H37NO2/c1-2-3-4-5-6-7-8-9-10-13-18(14-11-16-19)15-12-17-20/h19-20H,2-17H2,1H3. The van der Waals surface area contributed by atoms with E-state index in [1.807, 2.05) is 0 Å². The fraction of sp³-hybridized carbons (Fsp3) is 1.00. The number of rotatable bonds is 16. The van der Waals surface area contributed by atoms with E-state index in [9.17, 15) is 0 Å². The Morgan fingerprint density at radius 2 is 0.950 bits per heavy atom. The second kappa shape index (κ2) is 16.9. The number of hydrogen-bond acceptors (Lipinski definition) is 3. The summed E-state index contributed by atoms with van der Waals surface area (Å²) in [4.78, 5) is 2.38. The monoisotopic (exact) mass is 287 g/mol. The highest BCUT2D eigenvalue weighted by Gasteiger charge is 2.03. The third-order valence-electron chi connectivity index (χ3n) is 3.84. The smallest absolute Gasteiger partial charge is 0.0443 e. The van der Waals surface area contributed by atoms with Gasteiger partial charge in [0.1, 0.15) is 0 Å². The first-order valence-corrected chi connectivity index (χ1v) is 8.79. The molecule has 0 heterocycles. The van der Waals surface area contributed by atoms with E-state index in [2.05, 4.69) is 11.8 Å². The summed E-state index contributed by atoms with van der Waals surface area (Å²) in [6, 6.07) is 0. The molecule has 0 rings (SSSR count). The minimum Gasteiger partial charge on any atom is -0.396 e. The topological polar surface area (TPSA) is 43.7 Å². The second-order valence-corrected chi connectivity index (χ2v) is 5.82. The highest BCUT2D eigenvalue weighted by Crippen LogP contribution is 2.10. The molecular formula is C17H37NO2. The molecule has 3 heteroatoms. The van der Waals surface area contributed by atoms with Gasteiger partial charge in [0.2, 0.25) is 0 Å². The first-order chi connectivity index (χ1) is 9.85. The predicted octanol–water partition coefficient (Wildman–Crippen LogP) is 3.58. The van der Waals surface area contributed by atoms with E-state index in [1.165, 1.54) is 57.8 Å². The Hall–Kier alpha value is -0.120. The van der Waals surface area contributed by atoms with Crippen LogP contribution in [0.4, 0.5) is 0 Å². The van der Waals surface area contributed by atoms with Crippen molar-refractivity contribution in [2.24, 2.45) is 0 Å². The predicted molar refractivity (Wildman–Crippen MR) is 87.1 cm³/mol. The summed E-state index contributed by atoms with van der Waals surface area (Å²) in [7, 11) is 0. The average Bonchev–Trinajstić information content (AvgIpc) is 2.47. The van der Waals surface area contributed by atoms with Crippen LogP contribution in [0.15, 0.2) is 0 Å². The number of aliphatic hydroxyl groups is 2. The highest BCUT2D eigenvalue weighted by atomic mass is 16.3. The van der Waals surface area contributed by atoms with E-state index in [0.717, 1.165) is 32.5 Å². The van der Waals surface area contributed by atoms with Crippen LogP contribution in [0, 0.1) is 0 Å². The van der Waals surface area contributed by atoms with Gasteiger partial charge in [0.25, 0.3) is 0 Å². The third kappa shape index (κ3) is 14.3. The lowest BCUT2D eigenvalue weighted by Crippen LogP contribution is -2.28. The second-order valence-electron chi connectivity index (χ2n) is 5.82. The Bertz CT molecular complexity index is 168. The molecule has 0 atom stereocenters. The molecule has 0 radical (unpaired) electrons. The summed E-state index contributed by atoms with van der Waals surface area (Å²) in [5, 5.41) is 17.8. The first-order valence-electron chi connectivity index (χ1n) is 8.79. The SMILES string of the molecule is CCCCCCCCCCCN(CCCO)CCCO. The molecule has 0 unspecified atom stereocenters. The molecule has 0 aliphatic rings. The third-order valence-corrected chi connectivity index (χ3v) is 3.84. The van der Waals surface area contributed by atoms with Gasteiger partial charge in [-0.2, -0.15) is 0 Å². The molecule has 0 amide bonds. The molecule has 0 aromatic heterocycles. The maximum Gasteiger partial charge on any atom is 0.0443 e. The van der Waals surface area contributed by atoms with Crippen molar-refractivity contribution in [3.63, 3.8) is 0 Å². The van der Waals surface area contributed by atoms with E-state index in [0.29, 0.717) is 0 Å². The molecule has 20 heavy (non-hydrogen) atoms. The van der Waals surface area contributed by atoms with Gasteiger partial charge < -0.3 is 15.1 Å². The lowest BCUT2D eigenvalue weighted by Gasteiger charge is -2.21. The normalized spacial score (nSPS) is 11.4. The summed E-state index contributed by atoms with van der Waals surface area (Å²) in [6.07, 6.45) is 14.0. The van der Waals surface area contributed by atoms with Gasteiger partial charge in [0.15, 0.2) is 0 Å². The molecule has 0 saturated carbocycles. The van der Waals surface area contributed by atoms with Crippen molar-refractivity contribution < 1.29 is 10.2 Å². The van der Waals surface area contributed by atoms with E-state index in [4.69, 9.17) is 10.2 Å². The summed E-state index contributed by atoms with van der Waals surface area (Å²) in [6.45, 7) is 5.86. The van der Waals surface area contributed by atoms with Gasteiger partial charge in [0, 0.05) is 26.3 Å². The molecule has 2 N–H and O–H groups in total. The van der Waals surface area contributed by atoms with Crippen LogP contribution in [0.3, 0.4) is 0 Å². The quantitative estimate of drug-likeness (QED) is 0.426. The minimum atomic E-state index is 0.271. The van der Waals surface area contributed by atoms with E-state index < -0.39 is 0 Å². The molecule has 0 saturated heterocycles. The van der Waals surface area contributed by atoms with Crippen molar-refractivity contribution in [3.05, 3.63) is 0 Å². The molecular weight excluding hydrogens is 250 g/mol. The molecule has 0 bridgehead atoms. The van der Waals surface area contributed by atoms with Gasteiger partial charge >= 0.3 is 0 Å². The van der Waals surface area contributed by atoms with Gasteiger partial charge in [0.05, 0.1) is 0 Å². The zero-order chi connectivity index (χ0) is 14.9. The Morgan fingerprint density at radius 3 is 1.40 bits per heavy atom. The summed E-state index contributed by atoms with van der Waals surface area (Å²) in [5.74, 6) is 0. The Kier molecular flexibility index (Phi) is 16.8. The number of unbranched alkanes of at least 4 members (excludes halogenated alkanes) is 8. The maximum atomic E-state index is 8.89. The fourth-order valence-corrected chi connectivity index (χ4v) is 2.57. The van der Waals surface area contributed by atoms with Crippen LogP contribution in [0.2, 0.25) is 0 Å². The summed E-state index contributed by atoms with van der Waals surface area (Å²) >= 11 is 0. The zero-order valence-electron chi connectivity index (χ0n) is 13.7. The van der Waals surface area contributed by atoms with Crippen LogP contribution < -0.4 is 0 Å². The summed E-state index contributed by atoms with van der Waals surface area (Å²) < 4.78 is 0. The van der Waals surface area contributed by atoms with E-state index in [1.54, 1.807) is 0 Å². The Morgan fingerprint density at radius 1 is 0.550 bits per heavy atom. The fourth-order valence-electron chi connectivity index (χ4n) is 2.57. The number of nitrogens with zero attached hydrogens (tertiary/aromatic N) is 1.